The van der Waals surface area contributed by atoms with Crippen molar-refractivity contribution in [1.82, 2.24) is 0 Å². The third kappa shape index (κ3) is 2.26. The number of carboxylic acids is 1. The molecule has 1 aliphatic heterocycles. The zero-order valence-electron chi connectivity index (χ0n) is 10.1. The summed E-state index contributed by atoms with van der Waals surface area (Å²) in [5.74, 6) is -0.865. The van der Waals surface area contributed by atoms with Gasteiger partial charge in [-0.2, -0.15) is 0 Å². The molecule has 2 rings (SSSR count). The number of hydrogen-bond acceptors (Lipinski definition) is 3. The average Bonchev–Trinajstić information content (AvgIpc) is 2.71. The molecule has 0 amide bonds. The predicted molar refractivity (Wildman–Crippen MR) is 65.8 cm³/mol. The van der Waals surface area contributed by atoms with Crippen LogP contribution >= 0.6 is 0 Å². The van der Waals surface area contributed by atoms with E-state index in [1.54, 1.807) is 19.2 Å². The number of hydrogen-bond donors (Lipinski definition) is 1. The van der Waals surface area contributed by atoms with E-state index in [1.807, 2.05) is 6.07 Å². The van der Waals surface area contributed by atoms with Gasteiger partial charge in [0.05, 0.1) is 12.2 Å². The maximum absolute atomic E-state index is 10.9. The SMILES string of the molecule is COCC(C)N1CCc2cc(C(=O)O)ccc21. The monoisotopic (exact) mass is 235 g/mol. The molecule has 1 aromatic carbocycles. The molecule has 1 N–H and O–H groups in total. The van der Waals surface area contributed by atoms with Gasteiger partial charge < -0.3 is 14.7 Å². The smallest absolute Gasteiger partial charge is 0.335 e. The zero-order chi connectivity index (χ0) is 12.4. The molecule has 0 bridgehead atoms. The first-order valence-electron chi connectivity index (χ1n) is 5.75. The van der Waals surface area contributed by atoms with E-state index in [-0.39, 0.29) is 0 Å². The number of methoxy groups -OCH3 is 1. The molecule has 0 aromatic heterocycles. The van der Waals surface area contributed by atoms with E-state index >= 15 is 0 Å². The Labute approximate surface area is 101 Å². The van der Waals surface area contributed by atoms with Crippen LogP contribution in [0.1, 0.15) is 22.8 Å². The number of nitrogens with zero attached hydrogens (tertiary/aromatic N) is 1. The highest BCUT2D eigenvalue weighted by Crippen LogP contribution is 2.30. The molecule has 4 nitrogen and oxygen atoms in total. The van der Waals surface area contributed by atoms with E-state index < -0.39 is 5.97 Å². The Morgan fingerprint density at radius 2 is 2.35 bits per heavy atom. The van der Waals surface area contributed by atoms with Gasteiger partial charge in [0.2, 0.25) is 0 Å². The molecule has 1 heterocycles. The van der Waals surface area contributed by atoms with Gasteiger partial charge in [-0.15, -0.1) is 0 Å². The van der Waals surface area contributed by atoms with E-state index in [2.05, 4.69) is 11.8 Å². The Balaban J connectivity index is 2.24. The average molecular weight is 235 g/mol. The number of fused-ring (bicyclic) bond motifs is 1. The summed E-state index contributed by atoms with van der Waals surface area (Å²) in [4.78, 5) is 13.2. The molecule has 1 unspecified atom stereocenters. The van der Waals surface area contributed by atoms with Gasteiger partial charge >= 0.3 is 5.97 Å². The van der Waals surface area contributed by atoms with Crippen LogP contribution in [0.2, 0.25) is 0 Å². The van der Waals surface area contributed by atoms with Crippen LogP contribution in [0.25, 0.3) is 0 Å². The van der Waals surface area contributed by atoms with Crippen LogP contribution in [0.4, 0.5) is 5.69 Å². The maximum Gasteiger partial charge on any atom is 0.335 e. The van der Waals surface area contributed by atoms with Gasteiger partial charge in [-0.25, -0.2) is 4.79 Å². The molecule has 0 saturated carbocycles. The number of aromatic carboxylic acids is 1. The van der Waals surface area contributed by atoms with Gasteiger partial charge in [-0.1, -0.05) is 0 Å². The van der Waals surface area contributed by atoms with Crippen LogP contribution in [0.15, 0.2) is 18.2 Å². The van der Waals surface area contributed by atoms with Crippen molar-refractivity contribution in [3.63, 3.8) is 0 Å². The molecule has 1 aromatic rings. The number of carbonyl (C=O) groups is 1. The summed E-state index contributed by atoms with van der Waals surface area (Å²) in [6, 6.07) is 5.66. The first-order chi connectivity index (χ1) is 8.13. The van der Waals surface area contributed by atoms with Crippen LogP contribution in [0.3, 0.4) is 0 Å². The first kappa shape index (κ1) is 11.9. The summed E-state index contributed by atoms with van der Waals surface area (Å²) < 4.78 is 5.16. The van der Waals surface area contributed by atoms with Gasteiger partial charge in [0.25, 0.3) is 0 Å². The fourth-order valence-electron chi connectivity index (χ4n) is 2.35. The van der Waals surface area contributed by atoms with Crippen LogP contribution in [0, 0.1) is 0 Å². The second-order valence-electron chi connectivity index (χ2n) is 4.40. The second kappa shape index (κ2) is 4.75. The van der Waals surface area contributed by atoms with Crippen molar-refractivity contribution in [2.75, 3.05) is 25.2 Å². The number of rotatable bonds is 4. The summed E-state index contributed by atoms with van der Waals surface area (Å²) in [6.45, 7) is 3.73. The standard InChI is InChI=1S/C13H17NO3/c1-9(8-17-2)14-6-5-10-7-11(13(15)16)3-4-12(10)14/h3-4,7,9H,5-6,8H2,1-2H3,(H,15,16). The van der Waals surface area contributed by atoms with E-state index in [1.165, 1.54) is 0 Å². The fourth-order valence-corrected chi connectivity index (χ4v) is 2.35. The number of ether oxygens (including phenoxy) is 1. The molecule has 17 heavy (non-hydrogen) atoms. The van der Waals surface area contributed by atoms with Gasteiger partial charge in [-0.3, -0.25) is 0 Å². The van der Waals surface area contributed by atoms with Gasteiger partial charge in [0.15, 0.2) is 0 Å². The zero-order valence-corrected chi connectivity index (χ0v) is 10.1. The summed E-state index contributed by atoms with van der Waals surface area (Å²) in [5, 5.41) is 8.94. The minimum absolute atomic E-state index is 0.317. The number of benzene rings is 1. The van der Waals surface area contributed by atoms with Crippen molar-refractivity contribution in [3.05, 3.63) is 29.3 Å². The van der Waals surface area contributed by atoms with Crippen molar-refractivity contribution in [1.29, 1.82) is 0 Å². The Kier molecular flexibility index (Phi) is 3.33. The van der Waals surface area contributed by atoms with E-state index in [4.69, 9.17) is 9.84 Å². The Morgan fingerprint density at radius 1 is 1.59 bits per heavy atom. The molecule has 1 aliphatic rings. The molecule has 0 fully saturated rings. The molecular weight excluding hydrogens is 218 g/mol. The lowest BCUT2D eigenvalue weighted by Crippen LogP contribution is -2.34. The highest BCUT2D eigenvalue weighted by atomic mass is 16.5. The van der Waals surface area contributed by atoms with Crippen molar-refractivity contribution in [3.8, 4) is 0 Å². The highest BCUT2D eigenvalue weighted by molar-refractivity contribution is 5.88. The van der Waals surface area contributed by atoms with Crippen LogP contribution < -0.4 is 4.90 Å². The van der Waals surface area contributed by atoms with Gasteiger partial charge in [-0.05, 0) is 37.1 Å². The summed E-state index contributed by atoms with van der Waals surface area (Å²) in [7, 11) is 1.70. The van der Waals surface area contributed by atoms with E-state index in [9.17, 15) is 4.79 Å². The Hall–Kier alpha value is -1.55. The van der Waals surface area contributed by atoms with Crippen molar-refractivity contribution >= 4 is 11.7 Å². The number of anilines is 1. The fraction of sp³-hybridized carbons (Fsp3) is 0.462. The quantitative estimate of drug-likeness (QED) is 0.864. The summed E-state index contributed by atoms with van der Waals surface area (Å²) in [6.07, 6.45) is 0.907. The molecule has 0 saturated heterocycles. The predicted octanol–water partition coefficient (Wildman–Crippen LogP) is 1.78. The normalized spacial score (nSPS) is 15.8. The van der Waals surface area contributed by atoms with Crippen LogP contribution in [-0.2, 0) is 11.2 Å². The van der Waals surface area contributed by atoms with E-state index in [0.717, 1.165) is 24.2 Å². The van der Waals surface area contributed by atoms with Crippen molar-refractivity contribution < 1.29 is 14.6 Å². The third-order valence-corrected chi connectivity index (χ3v) is 3.20. The lowest BCUT2D eigenvalue weighted by molar-refractivity contribution is 0.0697. The van der Waals surface area contributed by atoms with Gasteiger partial charge in [0, 0.05) is 25.4 Å². The Bertz CT molecular complexity index is 431. The summed E-state index contributed by atoms with van der Waals surface area (Å²) >= 11 is 0. The third-order valence-electron chi connectivity index (χ3n) is 3.20. The second-order valence-corrected chi connectivity index (χ2v) is 4.40. The minimum Gasteiger partial charge on any atom is -0.478 e. The molecule has 0 aliphatic carbocycles. The van der Waals surface area contributed by atoms with E-state index in [0.29, 0.717) is 18.2 Å². The molecule has 0 spiro atoms. The minimum atomic E-state index is -0.865. The Morgan fingerprint density at radius 3 is 3.00 bits per heavy atom. The maximum atomic E-state index is 10.9. The molecule has 92 valence electrons. The molecule has 0 radical (unpaired) electrons. The molecule has 1 atom stereocenters. The van der Waals surface area contributed by atoms with Crippen molar-refractivity contribution in [2.45, 2.75) is 19.4 Å². The lowest BCUT2D eigenvalue weighted by Gasteiger charge is -2.26. The molecular formula is C13H17NO3. The highest BCUT2D eigenvalue weighted by Gasteiger charge is 2.24. The van der Waals surface area contributed by atoms with Crippen LogP contribution in [-0.4, -0.2) is 37.4 Å². The first-order valence-corrected chi connectivity index (χ1v) is 5.75. The van der Waals surface area contributed by atoms with Crippen molar-refractivity contribution in [2.24, 2.45) is 0 Å². The molecule has 4 heteroatoms. The number of carboxylic acid groups (broad SMARTS) is 1. The summed E-state index contributed by atoms with van der Waals surface area (Å²) in [5.41, 5.74) is 2.62. The lowest BCUT2D eigenvalue weighted by atomic mass is 10.1. The van der Waals surface area contributed by atoms with Crippen LogP contribution in [0.5, 0.6) is 0 Å². The topological polar surface area (TPSA) is 49.8 Å². The largest absolute Gasteiger partial charge is 0.478 e. The van der Waals surface area contributed by atoms with Gasteiger partial charge in [0.1, 0.15) is 0 Å².